The molecule has 0 aliphatic rings. The number of methoxy groups -OCH3 is 1. The maximum Gasteiger partial charge on any atom is 0.123 e. The van der Waals surface area contributed by atoms with Gasteiger partial charge in [0.2, 0.25) is 0 Å². The Labute approximate surface area is 148 Å². The molecule has 0 N–H and O–H groups in total. The van der Waals surface area contributed by atoms with E-state index in [2.05, 4.69) is 32.7 Å². The zero-order valence-corrected chi connectivity index (χ0v) is 14.9. The first-order chi connectivity index (χ1) is 12.2. The van der Waals surface area contributed by atoms with Crippen molar-refractivity contribution in [3.05, 3.63) is 72.2 Å². The van der Waals surface area contributed by atoms with Crippen LogP contribution in [-0.4, -0.2) is 28.1 Å². The van der Waals surface area contributed by atoms with E-state index in [0.29, 0.717) is 0 Å². The fourth-order valence-corrected chi connectivity index (χ4v) is 2.97. The van der Waals surface area contributed by atoms with Gasteiger partial charge in [0.15, 0.2) is 0 Å². The molecule has 0 aliphatic carbocycles. The van der Waals surface area contributed by atoms with E-state index in [1.165, 1.54) is 5.56 Å². The number of aryl methyl sites for hydroxylation is 2. The summed E-state index contributed by atoms with van der Waals surface area (Å²) in [5.74, 6) is 2.87. The van der Waals surface area contributed by atoms with Crippen LogP contribution in [0.2, 0.25) is 0 Å². The average molecular weight is 339 g/mol. The predicted molar refractivity (Wildman–Crippen MR) is 97.4 cm³/mol. The molecule has 0 atom stereocenters. The number of furan rings is 1. The number of benzene rings is 1. The molecular weight excluding hydrogens is 314 g/mol. The van der Waals surface area contributed by atoms with Gasteiger partial charge in [0.25, 0.3) is 0 Å². The van der Waals surface area contributed by atoms with Crippen LogP contribution >= 0.6 is 0 Å². The van der Waals surface area contributed by atoms with Crippen LogP contribution in [0, 0.1) is 6.92 Å². The Morgan fingerprint density at radius 2 is 2.04 bits per heavy atom. The number of aromatic nitrogens is 2. The van der Waals surface area contributed by atoms with Crippen LogP contribution in [0.5, 0.6) is 5.75 Å². The lowest BCUT2D eigenvalue weighted by molar-refractivity contribution is 0.224. The Balaban J connectivity index is 1.66. The largest absolute Gasteiger partial charge is 0.496 e. The topological polar surface area (TPSA) is 43.4 Å². The summed E-state index contributed by atoms with van der Waals surface area (Å²) in [7, 11) is 1.72. The minimum absolute atomic E-state index is 0.788. The first-order valence-corrected chi connectivity index (χ1v) is 8.60. The number of hydrogen-bond donors (Lipinski definition) is 0. The highest BCUT2D eigenvalue weighted by atomic mass is 16.5. The van der Waals surface area contributed by atoms with Gasteiger partial charge in [-0.25, -0.2) is 4.98 Å². The lowest BCUT2D eigenvalue weighted by Gasteiger charge is -2.22. The molecule has 0 aliphatic heterocycles. The second-order valence-corrected chi connectivity index (χ2v) is 6.19. The first kappa shape index (κ1) is 17.3. The van der Waals surface area contributed by atoms with Crippen LogP contribution in [0.4, 0.5) is 0 Å². The number of para-hydroxylation sites is 1. The molecule has 3 aromatic rings. The maximum absolute atomic E-state index is 5.77. The molecule has 25 heavy (non-hydrogen) atoms. The zero-order valence-electron chi connectivity index (χ0n) is 14.9. The van der Waals surface area contributed by atoms with Gasteiger partial charge in [-0.3, -0.25) is 4.90 Å². The number of nitrogens with zero attached hydrogens (tertiary/aromatic N) is 3. The summed E-state index contributed by atoms with van der Waals surface area (Å²) in [5, 5.41) is 0. The molecule has 5 heteroatoms. The summed E-state index contributed by atoms with van der Waals surface area (Å²) >= 11 is 0. The third kappa shape index (κ3) is 4.97. The molecule has 0 saturated carbocycles. The van der Waals surface area contributed by atoms with Crippen LogP contribution in [0.1, 0.15) is 23.5 Å². The highest BCUT2D eigenvalue weighted by molar-refractivity contribution is 5.33. The van der Waals surface area contributed by atoms with Gasteiger partial charge in [-0.05, 0) is 31.5 Å². The normalized spacial score (nSPS) is 11.2. The molecule has 5 nitrogen and oxygen atoms in total. The van der Waals surface area contributed by atoms with Gasteiger partial charge in [0.05, 0.1) is 20.0 Å². The third-order valence-electron chi connectivity index (χ3n) is 4.21. The summed E-state index contributed by atoms with van der Waals surface area (Å²) in [6.45, 7) is 5.52. The smallest absolute Gasteiger partial charge is 0.123 e. The molecule has 1 aromatic carbocycles. The molecule has 0 unspecified atom stereocenters. The van der Waals surface area contributed by atoms with Crippen molar-refractivity contribution >= 4 is 0 Å². The molecule has 132 valence electrons. The van der Waals surface area contributed by atoms with Crippen molar-refractivity contribution in [2.24, 2.45) is 0 Å². The fourth-order valence-electron chi connectivity index (χ4n) is 2.97. The van der Waals surface area contributed by atoms with E-state index >= 15 is 0 Å². The van der Waals surface area contributed by atoms with E-state index < -0.39 is 0 Å². The van der Waals surface area contributed by atoms with Crippen molar-refractivity contribution in [2.75, 3.05) is 13.7 Å². The van der Waals surface area contributed by atoms with E-state index in [-0.39, 0.29) is 0 Å². The monoisotopic (exact) mass is 339 g/mol. The average Bonchev–Trinajstić information content (AvgIpc) is 3.27. The molecule has 2 heterocycles. The summed E-state index contributed by atoms with van der Waals surface area (Å²) in [5.41, 5.74) is 1.19. The summed E-state index contributed by atoms with van der Waals surface area (Å²) < 4.78 is 13.4. The summed E-state index contributed by atoms with van der Waals surface area (Å²) in [4.78, 5) is 6.49. The Kier molecular flexibility index (Phi) is 5.90. The Morgan fingerprint density at radius 3 is 2.76 bits per heavy atom. The highest BCUT2D eigenvalue weighted by Crippen LogP contribution is 2.21. The lowest BCUT2D eigenvalue weighted by Crippen LogP contribution is -2.25. The van der Waals surface area contributed by atoms with Gasteiger partial charge >= 0.3 is 0 Å². The van der Waals surface area contributed by atoms with Crippen LogP contribution in [0.25, 0.3) is 0 Å². The molecule has 0 spiro atoms. The molecule has 0 saturated heterocycles. The molecule has 0 radical (unpaired) electrons. The van der Waals surface area contributed by atoms with E-state index in [1.54, 1.807) is 7.11 Å². The highest BCUT2D eigenvalue weighted by Gasteiger charge is 2.12. The van der Waals surface area contributed by atoms with E-state index in [4.69, 9.17) is 9.15 Å². The third-order valence-corrected chi connectivity index (χ3v) is 4.21. The standard InChI is InChI=1S/C20H25N3O2/c1-17-8-9-19(25-17)15-23(12-5-11-22-13-10-21-16-22)14-18-6-3-4-7-20(18)24-2/h3-4,6-10,13,16H,5,11-12,14-15H2,1-2H3. The number of hydrogen-bond acceptors (Lipinski definition) is 4. The Morgan fingerprint density at radius 1 is 1.16 bits per heavy atom. The van der Waals surface area contributed by atoms with Crippen LogP contribution in [0.3, 0.4) is 0 Å². The van der Waals surface area contributed by atoms with Crippen molar-refractivity contribution in [3.8, 4) is 5.75 Å². The van der Waals surface area contributed by atoms with Crippen molar-refractivity contribution in [1.29, 1.82) is 0 Å². The number of rotatable bonds is 9. The van der Waals surface area contributed by atoms with E-state index in [1.807, 2.05) is 43.8 Å². The minimum atomic E-state index is 0.788. The first-order valence-electron chi connectivity index (χ1n) is 8.60. The minimum Gasteiger partial charge on any atom is -0.496 e. The van der Waals surface area contributed by atoms with E-state index in [9.17, 15) is 0 Å². The molecule has 0 amide bonds. The molecule has 0 fully saturated rings. The number of ether oxygens (including phenoxy) is 1. The van der Waals surface area contributed by atoms with Crippen molar-refractivity contribution < 1.29 is 9.15 Å². The fraction of sp³-hybridized carbons (Fsp3) is 0.350. The molecular formula is C20H25N3O2. The second-order valence-electron chi connectivity index (χ2n) is 6.19. The summed E-state index contributed by atoms with van der Waals surface area (Å²) in [6.07, 6.45) is 6.73. The van der Waals surface area contributed by atoms with Gasteiger partial charge in [0.1, 0.15) is 17.3 Å². The van der Waals surface area contributed by atoms with Crippen LogP contribution in [0.15, 0.2) is 59.5 Å². The van der Waals surface area contributed by atoms with Crippen LogP contribution in [-0.2, 0) is 19.6 Å². The summed E-state index contributed by atoms with van der Waals surface area (Å²) in [6, 6.07) is 12.3. The Hall–Kier alpha value is -2.53. The van der Waals surface area contributed by atoms with Crippen molar-refractivity contribution in [1.82, 2.24) is 14.5 Å². The predicted octanol–water partition coefficient (Wildman–Crippen LogP) is 3.89. The quantitative estimate of drug-likeness (QED) is 0.593. The maximum atomic E-state index is 5.77. The second kappa shape index (κ2) is 8.53. The van der Waals surface area contributed by atoms with Gasteiger partial charge in [0, 0.05) is 37.6 Å². The molecule has 2 aromatic heterocycles. The molecule has 3 rings (SSSR count). The van der Waals surface area contributed by atoms with E-state index in [0.717, 1.165) is 49.9 Å². The number of imidazole rings is 1. The zero-order chi connectivity index (χ0) is 17.5. The van der Waals surface area contributed by atoms with Crippen LogP contribution < -0.4 is 4.74 Å². The Bertz CT molecular complexity index is 765. The van der Waals surface area contributed by atoms with Crippen molar-refractivity contribution in [2.45, 2.75) is 33.0 Å². The van der Waals surface area contributed by atoms with Gasteiger partial charge in [-0.2, -0.15) is 0 Å². The van der Waals surface area contributed by atoms with Gasteiger partial charge in [-0.15, -0.1) is 0 Å². The van der Waals surface area contributed by atoms with Crippen molar-refractivity contribution in [3.63, 3.8) is 0 Å². The van der Waals surface area contributed by atoms with Gasteiger partial charge < -0.3 is 13.7 Å². The van der Waals surface area contributed by atoms with Gasteiger partial charge in [-0.1, -0.05) is 18.2 Å². The molecule has 0 bridgehead atoms. The lowest BCUT2D eigenvalue weighted by atomic mass is 10.1. The SMILES string of the molecule is COc1ccccc1CN(CCCn1ccnc1)Cc1ccc(C)o1.